The second kappa shape index (κ2) is 5.01. The van der Waals surface area contributed by atoms with E-state index in [0.29, 0.717) is 5.92 Å². The predicted octanol–water partition coefficient (Wildman–Crippen LogP) is 1.09. The van der Waals surface area contributed by atoms with E-state index < -0.39 is 0 Å². The summed E-state index contributed by atoms with van der Waals surface area (Å²) >= 11 is 0. The molecule has 106 valence electrons. The maximum atomic E-state index is 4.53. The second-order valence-corrected chi connectivity index (χ2v) is 5.95. The first-order chi connectivity index (χ1) is 9.90. The quantitative estimate of drug-likeness (QED) is 0.903. The van der Waals surface area contributed by atoms with Crippen molar-refractivity contribution in [2.24, 2.45) is 5.92 Å². The van der Waals surface area contributed by atoms with E-state index in [1.807, 2.05) is 16.8 Å². The van der Waals surface area contributed by atoms with Crippen LogP contribution in [0.2, 0.25) is 0 Å². The highest BCUT2D eigenvalue weighted by Gasteiger charge is 2.26. The molecule has 0 bridgehead atoms. The molecule has 3 heterocycles. The zero-order chi connectivity index (χ0) is 13.4. The summed E-state index contributed by atoms with van der Waals surface area (Å²) in [6.45, 7) is 3.27. The van der Waals surface area contributed by atoms with Crippen molar-refractivity contribution in [2.45, 2.75) is 31.7 Å². The van der Waals surface area contributed by atoms with Crippen LogP contribution in [0.1, 0.15) is 25.7 Å². The molecule has 2 aliphatic rings. The minimum atomic E-state index is 0.717. The third kappa shape index (κ3) is 2.35. The van der Waals surface area contributed by atoms with Crippen LogP contribution in [0.25, 0.3) is 5.65 Å². The SMILES string of the molecule is c1cn2cnnc2c(N2CCCC(CNC3CC3)C2)n1. The number of fused-ring (bicyclic) bond motifs is 1. The Hall–Kier alpha value is -1.69. The van der Waals surface area contributed by atoms with Crippen molar-refractivity contribution in [1.82, 2.24) is 24.9 Å². The van der Waals surface area contributed by atoms with Crippen molar-refractivity contribution in [3.8, 4) is 0 Å². The number of anilines is 1. The van der Waals surface area contributed by atoms with Crippen LogP contribution in [-0.4, -0.2) is 45.3 Å². The first-order valence-electron chi connectivity index (χ1n) is 7.53. The highest BCUT2D eigenvalue weighted by Crippen LogP contribution is 2.25. The summed E-state index contributed by atoms with van der Waals surface area (Å²) in [4.78, 5) is 6.89. The van der Waals surface area contributed by atoms with Gasteiger partial charge in [-0.1, -0.05) is 0 Å². The van der Waals surface area contributed by atoms with E-state index in [2.05, 4.69) is 25.4 Å². The standard InChI is InChI=1S/C14H20N6/c1-2-11(8-16-12-3-4-12)9-19(6-1)13-14-18-17-10-20(14)7-5-15-13/h5,7,10-12,16H,1-4,6,8-9H2. The fourth-order valence-corrected chi connectivity index (χ4v) is 3.01. The van der Waals surface area contributed by atoms with Gasteiger partial charge in [0.1, 0.15) is 6.33 Å². The molecule has 2 fully saturated rings. The van der Waals surface area contributed by atoms with E-state index in [9.17, 15) is 0 Å². The van der Waals surface area contributed by atoms with Gasteiger partial charge in [0.2, 0.25) is 5.65 Å². The minimum absolute atomic E-state index is 0.717. The van der Waals surface area contributed by atoms with Gasteiger partial charge < -0.3 is 10.2 Å². The normalized spacial score (nSPS) is 23.4. The molecule has 1 saturated heterocycles. The summed E-state index contributed by atoms with van der Waals surface area (Å²) in [6, 6.07) is 0.795. The van der Waals surface area contributed by atoms with Crippen LogP contribution in [0.4, 0.5) is 5.82 Å². The number of nitrogens with one attached hydrogen (secondary N) is 1. The zero-order valence-corrected chi connectivity index (χ0v) is 11.6. The van der Waals surface area contributed by atoms with Crippen LogP contribution >= 0.6 is 0 Å². The molecule has 0 aromatic carbocycles. The van der Waals surface area contributed by atoms with Crippen LogP contribution in [0, 0.1) is 5.92 Å². The summed E-state index contributed by atoms with van der Waals surface area (Å²) in [7, 11) is 0. The smallest absolute Gasteiger partial charge is 0.203 e. The van der Waals surface area contributed by atoms with Crippen LogP contribution < -0.4 is 10.2 Å². The molecule has 1 atom stereocenters. The van der Waals surface area contributed by atoms with Crippen LogP contribution in [-0.2, 0) is 0 Å². The maximum Gasteiger partial charge on any atom is 0.203 e. The minimum Gasteiger partial charge on any atom is -0.353 e. The Morgan fingerprint density at radius 1 is 1.30 bits per heavy atom. The summed E-state index contributed by atoms with van der Waals surface area (Å²) in [5.74, 6) is 1.69. The number of nitrogens with zero attached hydrogens (tertiary/aromatic N) is 5. The van der Waals surface area contributed by atoms with Crippen molar-refractivity contribution >= 4 is 11.5 Å². The third-order valence-electron chi connectivity index (χ3n) is 4.29. The third-order valence-corrected chi connectivity index (χ3v) is 4.29. The first-order valence-corrected chi connectivity index (χ1v) is 7.53. The molecule has 6 nitrogen and oxygen atoms in total. The van der Waals surface area contributed by atoms with E-state index in [0.717, 1.165) is 37.1 Å². The van der Waals surface area contributed by atoms with Crippen molar-refractivity contribution < 1.29 is 0 Å². The summed E-state index contributed by atoms with van der Waals surface area (Å²) < 4.78 is 1.94. The Kier molecular flexibility index (Phi) is 3.03. The fourth-order valence-electron chi connectivity index (χ4n) is 3.01. The van der Waals surface area contributed by atoms with Crippen molar-refractivity contribution in [3.05, 3.63) is 18.7 Å². The van der Waals surface area contributed by atoms with Gasteiger partial charge in [-0.3, -0.25) is 4.40 Å². The molecule has 1 saturated carbocycles. The molecule has 6 heteroatoms. The molecule has 1 aliphatic carbocycles. The van der Waals surface area contributed by atoms with Gasteiger partial charge in [-0.15, -0.1) is 10.2 Å². The number of aromatic nitrogens is 4. The van der Waals surface area contributed by atoms with Crippen molar-refractivity contribution in [2.75, 3.05) is 24.5 Å². The number of hydrogen-bond donors (Lipinski definition) is 1. The molecule has 0 radical (unpaired) electrons. The highest BCUT2D eigenvalue weighted by molar-refractivity contribution is 5.63. The molecule has 20 heavy (non-hydrogen) atoms. The lowest BCUT2D eigenvalue weighted by Crippen LogP contribution is -2.40. The molecular weight excluding hydrogens is 252 g/mol. The van der Waals surface area contributed by atoms with Gasteiger partial charge in [0, 0.05) is 31.5 Å². The molecule has 4 rings (SSSR count). The van der Waals surface area contributed by atoms with Crippen LogP contribution in [0.3, 0.4) is 0 Å². The molecule has 0 spiro atoms. The maximum absolute atomic E-state index is 4.53. The lowest BCUT2D eigenvalue weighted by atomic mass is 9.98. The van der Waals surface area contributed by atoms with Gasteiger partial charge in [-0.2, -0.15) is 0 Å². The van der Waals surface area contributed by atoms with Gasteiger partial charge in [0.05, 0.1) is 0 Å². The topological polar surface area (TPSA) is 58.4 Å². The zero-order valence-electron chi connectivity index (χ0n) is 11.6. The van der Waals surface area contributed by atoms with E-state index in [1.54, 1.807) is 6.33 Å². The Balaban J connectivity index is 1.50. The predicted molar refractivity (Wildman–Crippen MR) is 76.7 cm³/mol. The molecule has 1 aliphatic heterocycles. The Morgan fingerprint density at radius 3 is 3.15 bits per heavy atom. The monoisotopic (exact) mass is 272 g/mol. The van der Waals surface area contributed by atoms with E-state index in [4.69, 9.17) is 0 Å². The number of hydrogen-bond acceptors (Lipinski definition) is 5. The lowest BCUT2D eigenvalue weighted by Gasteiger charge is -2.33. The Bertz CT molecular complexity index is 590. The summed E-state index contributed by atoms with van der Waals surface area (Å²) in [5, 5.41) is 11.8. The number of piperidine rings is 1. The van der Waals surface area contributed by atoms with Crippen LogP contribution in [0.15, 0.2) is 18.7 Å². The second-order valence-electron chi connectivity index (χ2n) is 5.95. The van der Waals surface area contributed by atoms with Crippen LogP contribution in [0.5, 0.6) is 0 Å². The van der Waals surface area contributed by atoms with Gasteiger partial charge in [0.25, 0.3) is 0 Å². The molecular formula is C14H20N6. The average molecular weight is 272 g/mol. The van der Waals surface area contributed by atoms with Gasteiger partial charge >= 0.3 is 0 Å². The van der Waals surface area contributed by atoms with E-state index in [-0.39, 0.29) is 0 Å². The van der Waals surface area contributed by atoms with Crippen molar-refractivity contribution in [1.29, 1.82) is 0 Å². The van der Waals surface area contributed by atoms with E-state index >= 15 is 0 Å². The van der Waals surface area contributed by atoms with Gasteiger partial charge in [-0.05, 0) is 38.1 Å². The highest BCUT2D eigenvalue weighted by atomic mass is 15.3. The number of rotatable bonds is 4. The molecule has 1 N–H and O–H groups in total. The molecule has 2 aromatic heterocycles. The summed E-state index contributed by atoms with van der Waals surface area (Å²) in [5.41, 5.74) is 0.864. The summed E-state index contributed by atoms with van der Waals surface area (Å²) in [6.07, 6.45) is 10.7. The van der Waals surface area contributed by atoms with Crippen molar-refractivity contribution in [3.63, 3.8) is 0 Å². The first kappa shape index (κ1) is 12.1. The Morgan fingerprint density at radius 2 is 2.25 bits per heavy atom. The largest absolute Gasteiger partial charge is 0.353 e. The fraction of sp³-hybridized carbons (Fsp3) is 0.643. The van der Waals surface area contributed by atoms with Gasteiger partial charge in [0.15, 0.2) is 5.82 Å². The molecule has 2 aromatic rings. The molecule has 0 amide bonds. The average Bonchev–Trinajstić information content (AvgIpc) is 3.20. The Labute approximate surface area is 118 Å². The lowest BCUT2D eigenvalue weighted by molar-refractivity contribution is 0.390. The molecule has 1 unspecified atom stereocenters. The van der Waals surface area contributed by atoms with E-state index in [1.165, 1.54) is 25.7 Å². The van der Waals surface area contributed by atoms with Gasteiger partial charge in [-0.25, -0.2) is 4.98 Å².